The first kappa shape index (κ1) is 19.0. The first-order valence-corrected chi connectivity index (χ1v) is 9.50. The van der Waals surface area contributed by atoms with Gasteiger partial charge in [0.2, 0.25) is 5.91 Å². The Morgan fingerprint density at radius 2 is 1.96 bits per heavy atom. The van der Waals surface area contributed by atoms with Gasteiger partial charge in [0.25, 0.3) is 0 Å². The second-order valence-electron chi connectivity index (χ2n) is 6.10. The van der Waals surface area contributed by atoms with E-state index in [9.17, 15) is 4.79 Å². The summed E-state index contributed by atoms with van der Waals surface area (Å²) in [5, 5.41) is 11.5. The first-order chi connectivity index (χ1) is 13.1. The van der Waals surface area contributed by atoms with E-state index >= 15 is 0 Å². The minimum Gasteiger partial charge on any atom is -0.497 e. The van der Waals surface area contributed by atoms with Crippen molar-refractivity contribution in [1.29, 1.82) is 0 Å². The number of carbonyl (C=O) groups excluding carboxylic acids is 1. The van der Waals surface area contributed by atoms with E-state index in [1.54, 1.807) is 13.4 Å². The molecule has 0 aliphatic rings. The summed E-state index contributed by atoms with van der Waals surface area (Å²) in [6.45, 7) is 4.37. The van der Waals surface area contributed by atoms with Crippen molar-refractivity contribution in [3.05, 3.63) is 66.0 Å². The number of benzene rings is 2. The van der Waals surface area contributed by atoms with Gasteiger partial charge in [-0.15, -0.1) is 10.2 Å². The van der Waals surface area contributed by atoms with E-state index in [1.165, 1.54) is 11.8 Å². The van der Waals surface area contributed by atoms with E-state index in [2.05, 4.69) is 15.5 Å². The standard InChI is InChI=1S/C20H22N4O2S/c1-14-6-4-5-7-18(14)24-13-22-23-20(24)27-15(2)19(25)21-12-16-8-10-17(26-3)11-9-16/h4-11,13,15H,12H2,1-3H3,(H,21,25)/t15-/m1/s1. The average molecular weight is 382 g/mol. The van der Waals surface area contributed by atoms with Gasteiger partial charge >= 0.3 is 0 Å². The molecular formula is C20H22N4O2S. The van der Waals surface area contributed by atoms with Gasteiger partial charge in [-0.3, -0.25) is 9.36 Å². The van der Waals surface area contributed by atoms with Gasteiger partial charge in [-0.2, -0.15) is 0 Å². The molecule has 1 atom stereocenters. The number of nitrogens with zero attached hydrogens (tertiary/aromatic N) is 3. The maximum atomic E-state index is 12.5. The van der Waals surface area contributed by atoms with Crippen LogP contribution in [0.4, 0.5) is 0 Å². The Kier molecular flexibility index (Phi) is 6.13. The Bertz CT molecular complexity index is 908. The van der Waals surface area contributed by atoms with Gasteiger partial charge in [0.1, 0.15) is 12.1 Å². The number of para-hydroxylation sites is 1. The number of methoxy groups -OCH3 is 1. The molecule has 140 valence electrons. The summed E-state index contributed by atoms with van der Waals surface area (Å²) in [5.74, 6) is 0.750. The van der Waals surface area contributed by atoms with Crippen LogP contribution >= 0.6 is 11.8 Å². The molecule has 6 nitrogen and oxygen atoms in total. The molecule has 0 bridgehead atoms. The molecule has 0 spiro atoms. The minimum absolute atomic E-state index is 0.0462. The molecular weight excluding hydrogens is 360 g/mol. The fraction of sp³-hybridized carbons (Fsp3) is 0.250. The molecule has 0 unspecified atom stereocenters. The summed E-state index contributed by atoms with van der Waals surface area (Å²) in [7, 11) is 1.63. The Hall–Kier alpha value is -2.80. The fourth-order valence-electron chi connectivity index (χ4n) is 2.59. The van der Waals surface area contributed by atoms with Crippen molar-refractivity contribution in [2.24, 2.45) is 0 Å². The van der Waals surface area contributed by atoms with Crippen LogP contribution in [0.2, 0.25) is 0 Å². The molecule has 0 aliphatic heterocycles. The monoisotopic (exact) mass is 382 g/mol. The van der Waals surface area contributed by atoms with Crippen LogP contribution in [0.5, 0.6) is 5.75 Å². The van der Waals surface area contributed by atoms with Gasteiger partial charge in [-0.25, -0.2) is 0 Å². The van der Waals surface area contributed by atoms with Gasteiger partial charge < -0.3 is 10.1 Å². The zero-order valence-electron chi connectivity index (χ0n) is 15.5. The molecule has 1 aromatic heterocycles. The SMILES string of the molecule is COc1ccc(CNC(=O)[C@@H](C)Sc2nncn2-c2ccccc2C)cc1. The maximum absolute atomic E-state index is 12.5. The maximum Gasteiger partial charge on any atom is 0.233 e. The second kappa shape index (κ2) is 8.73. The van der Waals surface area contributed by atoms with Gasteiger partial charge in [-0.05, 0) is 43.2 Å². The molecule has 0 radical (unpaired) electrons. The predicted molar refractivity (Wildman–Crippen MR) is 106 cm³/mol. The highest BCUT2D eigenvalue weighted by Crippen LogP contribution is 2.25. The van der Waals surface area contributed by atoms with E-state index in [0.717, 1.165) is 22.6 Å². The van der Waals surface area contributed by atoms with Crippen LogP contribution in [-0.2, 0) is 11.3 Å². The molecule has 3 aromatic rings. The molecule has 2 aromatic carbocycles. The Morgan fingerprint density at radius 3 is 2.67 bits per heavy atom. The number of hydrogen-bond acceptors (Lipinski definition) is 5. The van der Waals surface area contributed by atoms with Crippen molar-refractivity contribution in [2.45, 2.75) is 30.8 Å². The quantitative estimate of drug-likeness (QED) is 0.635. The number of thioether (sulfide) groups is 1. The van der Waals surface area contributed by atoms with Crippen molar-refractivity contribution in [2.75, 3.05) is 7.11 Å². The molecule has 1 N–H and O–H groups in total. The topological polar surface area (TPSA) is 69.0 Å². The number of ether oxygens (including phenoxy) is 1. The van der Waals surface area contributed by atoms with Crippen molar-refractivity contribution in [1.82, 2.24) is 20.1 Å². The Balaban J connectivity index is 1.62. The average Bonchev–Trinajstić information content (AvgIpc) is 3.14. The van der Waals surface area contributed by atoms with E-state index < -0.39 is 0 Å². The largest absolute Gasteiger partial charge is 0.497 e. The lowest BCUT2D eigenvalue weighted by molar-refractivity contribution is -0.120. The summed E-state index contributed by atoms with van der Waals surface area (Å²) in [5.41, 5.74) is 3.15. The number of aryl methyl sites for hydroxylation is 1. The highest BCUT2D eigenvalue weighted by atomic mass is 32.2. The van der Waals surface area contributed by atoms with Crippen LogP contribution in [0.25, 0.3) is 5.69 Å². The Labute approximate surface area is 163 Å². The van der Waals surface area contributed by atoms with Crippen molar-refractivity contribution in [3.63, 3.8) is 0 Å². The number of carbonyl (C=O) groups is 1. The summed E-state index contributed by atoms with van der Waals surface area (Å²) in [4.78, 5) is 12.5. The van der Waals surface area contributed by atoms with E-state index in [0.29, 0.717) is 11.7 Å². The summed E-state index contributed by atoms with van der Waals surface area (Å²) in [6.07, 6.45) is 1.67. The Morgan fingerprint density at radius 1 is 1.22 bits per heavy atom. The van der Waals surface area contributed by atoms with Crippen molar-refractivity contribution < 1.29 is 9.53 Å². The number of hydrogen-bond donors (Lipinski definition) is 1. The molecule has 1 heterocycles. The third-order valence-corrected chi connectivity index (χ3v) is 5.23. The van der Waals surface area contributed by atoms with E-state index in [1.807, 2.05) is 66.9 Å². The third kappa shape index (κ3) is 4.68. The molecule has 3 rings (SSSR count). The molecule has 7 heteroatoms. The molecule has 0 aliphatic carbocycles. The lowest BCUT2D eigenvalue weighted by Crippen LogP contribution is -2.30. The number of nitrogens with one attached hydrogen (secondary N) is 1. The normalized spacial score (nSPS) is 11.8. The highest BCUT2D eigenvalue weighted by Gasteiger charge is 2.18. The number of aromatic nitrogens is 3. The molecule has 27 heavy (non-hydrogen) atoms. The van der Waals surface area contributed by atoms with Gasteiger partial charge in [0, 0.05) is 6.54 Å². The van der Waals surface area contributed by atoms with Crippen LogP contribution in [-0.4, -0.2) is 33.0 Å². The second-order valence-corrected chi connectivity index (χ2v) is 7.40. The summed E-state index contributed by atoms with van der Waals surface area (Å²) < 4.78 is 7.05. The van der Waals surface area contributed by atoms with Crippen LogP contribution in [0.15, 0.2) is 60.0 Å². The summed E-state index contributed by atoms with van der Waals surface area (Å²) >= 11 is 1.39. The van der Waals surface area contributed by atoms with E-state index in [4.69, 9.17) is 4.74 Å². The van der Waals surface area contributed by atoms with Gasteiger partial charge in [-0.1, -0.05) is 42.1 Å². The van der Waals surface area contributed by atoms with Crippen LogP contribution in [0, 0.1) is 6.92 Å². The van der Waals surface area contributed by atoms with Gasteiger partial charge in [0.05, 0.1) is 18.0 Å². The molecule has 0 saturated carbocycles. The minimum atomic E-state index is -0.296. The smallest absolute Gasteiger partial charge is 0.233 e. The molecule has 1 amide bonds. The number of rotatable bonds is 7. The summed E-state index contributed by atoms with van der Waals surface area (Å²) in [6, 6.07) is 15.6. The van der Waals surface area contributed by atoms with Crippen LogP contribution in [0.3, 0.4) is 0 Å². The zero-order chi connectivity index (χ0) is 19.2. The third-order valence-electron chi connectivity index (χ3n) is 4.17. The van der Waals surface area contributed by atoms with Crippen LogP contribution in [0.1, 0.15) is 18.1 Å². The predicted octanol–water partition coefficient (Wildman–Crippen LogP) is 3.38. The zero-order valence-corrected chi connectivity index (χ0v) is 16.4. The highest BCUT2D eigenvalue weighted by molar-refractivity contribution is 8.00. The lowest BCUT2D eigenvalue weighted by Gasteiger charge is -2.13. The van der Waals surface area contributed by atoms with Crippen molar-refractivity contribution >= 4 is 17.7 Å². The number of amides is 1. The molecule has 0 saturated heterocycles. The van der Waals surface area contributed by atoms with Crippen LogP contribution < -0.4 is 10.1 Å². The van der Waals surface area contributed by atoms with Crippen molar-refractivity contribution in [3.8, 4) is 11.4 Å². The van der Waals surface area contributed by atoms with E-state index in [-0.39, 0.29) is 11.2 Å². The first-order valence-electron chi connectivity index (χ1n) is 8.62. The van der Waals surface area contributed by atoms with Gasteiger partial charge in [0.15, 0.2) is 5.16 Å². The molecule has 0 fully saturated rings. The lowest BCUT2D eigenvalue weighted by atomic mass is 10.2. The fourth-order valence-corrected chi connectivity index (χ4v) is 3.45.